The third kappa shape index (κ3) is 5.27. The Labute approximate surface area is 152 Å². The quantitative estimate of drug-likeness (QED) is 0.241. The number of aliphatic imine (C=N–C) groups is 1. The molecule has 2 unspecified atom stereocenters. The van der Waals surface area contributed by atoms with Gasteiger partial charge in [0.05, 0.1) is 18.0 Å². The number of ether oxygens (including phenoxy) is 1. The highest BCUT2D eigenvalue weighted by atomic mass is 19.1. The Morgan fingerprint density at radius 2 is 1.88 bits per heavy atom. The van der Waals surface area contributed by atoms with Gasteiger partial charge in [-0.05, 0) is 31.2 Å². The van der Waals surface area contributed by atoms with Crippen molar-refractivity contribution in [1.82, 2.24) is 5.01 Å². The Morgan fingerprint density at radius 3 is 2.35 bits per heavy atom. The van der Waals surface area contributed by atoms with Crippen LogP contribution in [0.25, 0.3) is 0 Å². The van der Waals surface area contributed by atoms with E-state index in [1.807, 2.05) is 0 Å². The second-order valence-corrected chi connectivity index (χ2v) is 6.53. The molecule has 2 aliphatic rings. The summed E-state index contributed by atoms with van der Waals surface area (Å²) in [5.74, 6) is 6.31. The molecule has 0 aromatic heterocycles. The van der Waals surface area contributed by atoms with Gasteiger partial charge in [0, 0.05) is 25.8 Å². The van der Waals surface area contributed by atoms with Crippen LogP contribution in [-0.2, 0) is 16.1 Å². The predicted molar refractivity (Wildman–Crippen MR) is 98.0 cm³/mol. The molecule has 1 saturated heterocycles. The number of nitrogens with zero attached hydrogens (tertiary/aromatic N) is 2. The SMILES string of the molecule is C1OCC2CC12.CC(=NCc1ccccc1F)/C(N)=C(\N)C(=O)N(C)N. The molecule has 1 amide bonds. The van der Waals surface area contributed by atoms with Crippen molar-refractivity contribution in [3.63, 3.8) is 0 Å². The molecule has 1 saturated carbocycles. The molecule has 8 heteroatoms. The van der Waals surface area contributed by atoms with Crippen LogP contribution in [0, 0.1) is 17.7 Å². The fourth-order valence-electron chi connectivity index (χ4n) is 2.50. The average molecular weight is 363 g/mol. The maximum Gasteiger partial charge on any atom is 0.285 e. The summed E-state index contributed by atoms with van der Waals surface area (Å²) in [6.07, 6.45) is 1.46. The normalized spacial score (nSPS) is 21.9. The Kier molecular flexibility index (Phi) is 6.70. The highest BCUT2D eigenvalue weighted by Crippen LogP contribution is 2.43. The van der Waals surface area contributed by atoms with Gasteiger partial charge in [0.2, 0.25) is 0 Å². The van der Waals surface area contributed by atoms with E-state index in [9.17, 15) is 9.18 Å². The van der Waals surface area contributed by atoms with E-state index in [0.717, 1.165) is 30.1 Å². The standard InChI is InChI=1S/C13H18FN5O.C5H8O/c1-8(11(15)12(16)13(20)19(2)17)18-7-9-5-3-4-6-10(9)14;1-4-2-6-3-5(1)4/h3-6H,7,15-17H2,1-2H3;4-5H,1-3H2/b12-11+,18-8?;. The van der Waals surface area contributed by atoms with Crippen molar-refractivity contribution in [2.75, 3.05) is 20.3 Å². The second kappa shape index (κ2) is 8.77. The summed E-state index contributed by atoms with van der Waals surface area (Å²) >= 11 is 0. The van der Waals surface area contributed by atoms with E-state index >= 15 is 0 Å². The van der Waals surface area contributed by atoms with Gasteiger partial charge < -0.3 is 16.2 Å². The number of halogens is 1. The zero-order valence-corrected chi connectivity index (χ0v) is 15.1. The van der Waals surface area contributed by atoms with Crippen molar-refractivity contribution in [1.29, 1.82) is 0 Å². The van der Waals surface area contributed by atoms with Crippen LogP contribution in [0.3, 0.4) is 0 Å². The van der Waals surface area contributed by atoms with E-state index in [2.05, 4.69) is 4.99 Å². The summed E-state index contributed by atoms with van der Waals surface area (Å²) in [7, 11) is 1.36. The van der Waals surface area contributed by atoms with Crippen LogP contribution >= 0.6 is 0 Å². The van der Waals surface area contributed by atoms with Crippen LogP contribution in [0.2, 0.25) is 0 Å². The molecule has 1 heterocycles. The third-order valence-corrected chi connectivity index (χ3v) is 4.41. The molecule has 2 atom stereocenters. The lowest BCUT2D eigenvalue weighted by Crippen LogP contribution is -2.38. The van der Waals surface area contributed by atoms with E-state index < -0.39 is 5.91 Å². The number of hydrogen-bond acceptors (Lipinski definition) is 6. The van der Waals surface area contributed by atoms with Crippen molar-refractivity contribution in [2.45, 2.75) is 19.9 Å². The number of hydrazine groups is 1. The molecule has 7 nitrogen and oxygen atoms in total. The summed E-state index contributed by atoms with van der Waals surface area (Å²) in [5, 5.41) is 0.826. The summed E-state index contributed by atoms with van der Waals surface area (Å²) in [6, 6.07) is 6.27. The predicted octanol–water partition coefficient (Wildman–Crippen LogP) is 0.900. The fraction of sp³-hybridized carbons (Fsp3) is 0.444. The zero-order chi connectivity index (χ0) is 19.3. The van der Waals surface area contributed by atoms with Crippen LogP contribution in [0.15, 0.2) is 40.7 Å². The molecule has 26 heavy (non-hydrogen) atoms. The van der Waals surface area contributed by atoms with Crippen LogP contribution in [-0.4, -0.2) is 36.9 Å². The summed E-state index contributed by atoms with van der Waals surface area (Å²) in [5.41, 5.74) is 11.9. The minimum atomic E-state index is -0.608. The number of allylic oxidation sites excluding steroid dienone is 1. The molecule has 2 fully saturated rings. The first-order valence-corrected chi connectivity index (χ1v) is 8.41. The number of amides is 1. The molecule has 0 spiro atoms. The molecule has 142 valence electrons. The lowest BCUT2D eigenvalue weighted by Gasteiger charge is -2.12. The number of likely N-dealkylation sites (N-methyl/N-ethyl adjacent to an activating group) is 1. The molecule has 1 aromatic rings. The van der Waals surface area contributed by atoms with Crippen molar-refractivity contribution < 1.29 is 13.9 Å². The van der Waals surface area contributed by atoms with Crippen molar-refractivity contribution >= 4 is 11.6 Å². The summed E-state index contributed by atoms with van der Waals surface area (Å²) < 4.78 is 18.5. The second-order valence-electron chi connectivity index (χ2n) is 6.53. The molecule has 0 bridgehead atoms. The van der Waals surface area contributed by atoms with E-state index in [4.69, 9.17) is 22.0 Å². The maximum atomic E-state index is 13.4. The van der Waals surface area contributed by atoms with Gasteiger partial charge in [-0.15, -0.1) is 0 Å². The lowest BCUT2D eigenvalue weighted by atomic mass is 10.2. The highest BCUT2D eigenvalue weighted by Gasteiger charge is 2.41. The van der Waals surface area contributed by atoms with Crippen LogP contribution < -0.4 is 17.3 Å². The lowest BCUT2D eigenvalue weighted by molar-refractivity contribution is -0.126. The Hall–Kier alpha value is -2.45. The molecule has 1 aromatic carbocycles. The number of fused-ring (bicyclic) bond motifs is 1. The first-order valence-electron chi connectivity index (χ1n) is 8.41. The van der Waals surface area contributed by atoms with Gasteiger partial charge in [-0.25, -0.2) is 10.2 Å². The van der Waals surface area contributed by atoms with E-state index in [1.165, 1.54) is 19.5 Å². The van der Waals surface area contributed by atoms with Gasteiger partial charge in [-0.3, -0.25) is 14.8 Å². The molecule has 1 aliphatic carbocycles. The zero-order valence-electron chi connectivity index (χ0n) is 15.1. The van der Waals surface area contributed by atoms with E-state index in [1.54, 1.807) is 25.1 Å². The van der Waals surface area contributed by atoms with Gasteiger partial charge >= 0.3 is 0 Å². The van der Waals surface area contributed by atoms with Gasteiger partial charge in [0.15, 0.2) is 0 Å². The summed E-state index contributed by atoms with van der Waals surface area (Å²) in [4.78, 5) is 15.7. The third-order valence-electron chi connectivity index (χ3n) is 4.41. The van der Waals surface area contributed by atoms with Crippen molar-refractivity contribution in [3.8, 4) is 0 Å². The Bertz CT molecular complexity index is 709. The van der Waals surface area contributed by atoms with Crippen LogP contribution in [0.1, 0.15) is 18.9 Å². The molecular weight excluding hydrogens is 337 g/mol. The first-order chi connectivity index (χ1) is 12.3. The number of rotatable bonds is 4. The first kappa shape index (κ1) is 19.9. The monoisotopic (exact) mass is 363 g/mol. The van der Waals surface area contributed by atoms with Crippen LogP contribution in [0.5, 0.6) is 0 Å². The van der Waals surface area contributed by atoms with Crippen LogP contribution in [0.4, 0.5) is 4.39 Å². The van der Waals surface area contributed by atoms with Gasteiger partial charge in [-0.1, -0.05) is 18.2 Å². The maximum absolute atomic E-state index is 13.4. The highest BCUT2D eigenvalue weighted by molar-refractivity contribution is 6.05. The number of carbonyl (C=O) groups excluding carboxylic acids is 1. The Balaban J connectivity index is 0.000000331. The van der Waals surface area contributed by atoms with Gasteiger partial charge in [-0.2, -0.15) is 0 Å². The number of hydrogen-bond donors (Lipinski definition) is 3. The minimum absolute atomic E-state index is 0.0311. The minimum Gasteiger partial charge on any atom is -0.395 e. The van der Waals surface area contributed by atoms with Crippen molar-refractivity contribution in [2.24, 2.45) is 34.1 Å². The summed E-state index contributed by atoms with van der Waals surface area (Å²) in [6.45, 7) is 3.82. The van der Waals surface area contributed by atoms with Gasteiger partial charge in [0.25, 0.3) is 5.91 Å². The largest absolute Gasteiger partial charge is 0.395 e. The van der Waals surface area contributed by atoms with Crippen molar-refractivity contribution in [3.05, 3.63) is 47.0 Å². The average Bonchev–Trinajstić information content (AvgIpc) is 3.24. The molecule has 0 radical (unpaired) electrons. The smallest absolute Gasteiger partial charge is 0.285 e. The fourth-order valence-corrected chi connectivity index (χ4v) is 2.50. The van der Waals surface area contributed by atoms with E-state index in [0.29, 0.717) is 11.3 Å². The molecule has 6 N–H and O–H groups in total. The Morgan fingerprint density at radius 1 is 1.27 bits per heavy atom. The molecule has 1 aliphatic heterocycles. The topological polar surface area (TPSA) is 120 Å². The molecule has 3 rings (SSSR count). The number of benzene rings is 1. The van der Waals surface area contributed by atoms with E-state index in [-0.39, 0.29) is 23.8 Å². The molecular formula is C18H26FN5O2. The number of carbonyl (C=O) groups is 1. The van der Waals surface area contributed by atoms with Gasteiger partial charge in [0.1, 0.15) is 11.5 Å². The number of nitrogens with two attached hydrogens (primary N) is 3.